The Morgan fingerprint density at radius 3 is 2.60 bits per heavy atom. The summed E-state index contributed by atoms with van der Waals surface area (Å²) < 4.78 is 0. The molecule has 0 fully saturated rings. The van der Waals surface area contributed by atoms with Gasteiger partial charge >= 0.3 is 5.97 Å². The second-order valence-corrected chi connectivity index (χ2v) is 7.11. The minimum Gasteiger partial charge on any atom is -0.480 e. The molecule has 0 spiro atoms. The summed E-state index contributed by atoms with van der Waals surface area (Å²) >= 11 is 1.64. The molecule has 1 aromatic carbocycles. The van der Waals surface area contributed by atoms with Gasteiger partial charge in [0.1, 0.15) is 6.04 Å². The van der Waals surface area contributed by atoms with Gasteiger partial charge in [-0.2, -0.15) is 0 Å². The number of carbonyl (C=O) groups is 2. The second kappa shape index (κ2) is 5.48. The molecular weight excluding hydrogens is 274 g/mol. The quantitative estimate of drug-likeness (QED) is 0.898. The molecule has 2 N–H and O–H groups in total. The number of carboxylic acids is 1. The van der Waals surface area contributed by atoms with Crippen LogP contribution in [-0.2, 0) is 9.59 Å². The third-order valence-corrected chi connectivity index (χ3v) is 4.60. The summed E-state index contributed by atoms with van der Waals surface area (Å²) in [6.45, 7) is 5.43. The van der Waals surface area contributed by atoms with Crippen LogP contribution in [0.1, 0.15) is 32.3 Å². The van der Waals surface area contributed by atoms with Crippen LogP contribution in [0.4, 0.5) is 0 Å². The Kier molecular flexibility index (Phi) is 4.09. The molecule has 1 amide bonds. The number of rotatable bonds is 3. The van der Waals surface area contributed by atoms with Crippen molar-refractivity contribution in [3.63, 3.8) is 0 Å². The largest absolute Gasteiger partial charge is 0.480 e. The van der Waals surface area contributed by atoms with Gasteiger partial charge in [0.2, 0.25) is 5.91 Å². The lowest BCUT2D eigenvalue weighted by atomic mass is 9.86. The molecule has 20 heavy (non-hydrogen) atoms. The maximum Gasteiger partial charge on any atom is 0.326 e. The summed E-state index contributed by atoms with van der Waals surface area (Å²) in [5.74, 6) is -0.795. The van der Waals surface area contributed by atoms with Crippen molar-refractivity contribution in [2.24, 2.45) is 5.41 Å². The molecule has 1 unspecified atom stereocenters. The van der Waals surface area contributed by atoms with Crippen molar-refractivity contribution in [2.75, 3.05) is 5.75 Å². The minimum absolute atomic E-state index is 0.204. The monoisotopic (exact) mass is 293 g/mol. The summed E-state index contributed by atoms with van der Waals surface area (Å²) in [7, 11) is 0. The molecule has 0 aliphatic carbocycles. The zero-order valence-electron chi connectivity index (χ0n) is 11.8. The number of hydrogen-bond donors (Lipinski definition) is 2. The van der Waals surface area contributed by atoms with Crippen LogP contribution in [0.25, 0.3) is 0 Å². The maximum atomic E-state index is 12.4. The molecule has 0 saturated heterocycles. The van der Waals surface area contributed by atoms with E-state index >= 15 is 0 Å². The molecule has 0 radical (unpaired) electrons. The molecule has 2 rings (SSSR count). The lowest BCUT2D eigenvalue weighted by Crippen LogP contribution is -2.50. The lowest BCUT2D eigenvalue weighted by Gasteiger charge is -2.28. The number of carboxylic acid groups (broad SMARTS) is 1. The van der Waals surface area contributed by atoms with E-state index in [0.717, 1.165) is 10.5 Å². The fraction of sp³-hybridized carbons (Fsp3) is 0.467. The molecule has 1 aliphatic heterocycles. The minimum atomic E-state index is -0.996. The van der Waals surface area contributed by atoms with E-state index in [-0.39, 0.29) is 11.8 Å². The second-order valence-electron chi connectivity index (χ2n) is 6.05. The van der Waals surface area contributed by atoms with Crippen LogP contribution in [0.5, 0.6) is 0 Å². The van der Waals surface area contributed by atoms with Crippen molar-refractivity contribution >= 4 is 23.6 Å². The summed E-state index contributed by atoms with van der Waals surface area (Å²) in [5.41, 5.74) is 0.472. The van der Waals surface area contributed by atoms with Gasteiger partial charge in [0, 0.05) is 10.6 Å². The first-order valence-corrected chi connectivity index (χ1v) is 7.54. The molecule has 1 aliphatic rings. The van der Waals surface area contributed by atoms with E-state index in [1.807, 2.05) is 45.0 Å². The third-order valence-electron chi connectivity index (χ3n) is 3.42. The summed E-state index contributed by atoms with van der Waals surface area (Å²) in [4.78, 5) is 24.8. The average Bonchev–Trinajstić information content (AvgIpc) is 2.77. The van der Waals surface area contributed by atoms with Crippen molar-refractivity contribution < 1.29 is 14.7 Å². The van der Waals surface area contributed by atoms with Crippen molar-refractivity contribution in [3.8, 4) is 0 Å². The van der Waals surface area contributed by atoms with Crippen LogP contribution in [-0.4, -0.2) is 28.8 Å². The fourth-order valence-electron chi connectivity index (χ4n) is 2.27. The maximum absolute atomic E-state index is 12.4. The first-order chi connectivity index (χ1) is 9.30. The standard InChI is InChI=1S/C15H19NO3S/c1-15(2,3)12(14(18)19)16-13(17)10-8-20-11-7-5-4-6-9(10)11/h4-7,10,12H,8H2,1-3H3,(H,16,17)(H,18,19)/t10?,12-/m1/s1. The topological polar surface area (TPSA) is 66.4 Å². The van der Waals surface area contributed by atoms with E-state index in [1.165, 1.54) is 0 Å². The smallest absolute Gasteiger partial charge is 0.326 e. The lowest BCUT2D eigenvalue weighted by molar-refractivity contribution is -0.145. The Balaban J connectivity index is 2.15. The highest BCUT2D eigenvalue weighted by Crippen LogP contribution is 2.39. The molecule has 1 heterocycles. The number of hydrogen-bond acceptors (Lipinski definition) is 3. The van der Waals surface area contributed by atoms with Gasteiger partial charge < -0.3 is 10.4 Å². The first kappa shape index (κ1) is 14.9. The number of aliphatic carboxylic acids is 1. The predicted molar refractivity (Wildman–Crippen MR) is 78.9 cm³/mol. The van der Waals surface area contributed by atoms with Gasteiger partial charge in [-0.05, 0) is 17.0 Å². The fourth-order valence-corrected chi connectivity index (χ4v) is 3.50. The van der Waals surface area contributed by atoms with E-state index < -0.39 is 17.4 Å². The van der Waals surface area contributed by atoms with Gasteiger partial charge in [0.25, 0.3) is 0 Å². The van der Waals surface area contributed by atoms with E-state index in [9.17, 15) is 14.7 Å². The van der Waals surface area contributed by atoms with Crippen molar-refractivity contribution in [1.82, 2.24) is 5.32 Å². The Bertz CT molecular complexity index is 536. The van der Waals surface area contributed by atoms with E-state index in [0.29, 0.717) is 5.75 Å². The van der Waals surface area contributed by atoms with Crippen LogP contribution in [0.2, 0.25) is 0 Å². The van der Waals surface area contributed by atoms with Gasteiger partial charge in [-0.1, -0.05) is 39.0 Å². The first-order valence-electron chi connectivity index (χ1n) is 6.55. The number of benzene rings is 1. The number of nitrogens with one attached hydrogen (secondary N) is 1. The van der Waals surface area contributed by atoms with E-state index in [2.05, 4.69) is 5.32 Å². The summed E-state index contributed by atoms with van der Waals surface area (Å²) in [6, 6.07) is 6.90. The molecule has 108 valence electrons. The van der Waals surface area contributed by atoms with Crippen LogP contribution in [0.3, 0.4) is 0 Å². The Hall–Kier alpha value is -1.49. The van der Waals surface area contributed by atoms with Gasteiger partial charge in [-0.15, -0.1) is 11.8 Å². The molecule has 2 atom stereocenters. The number of thioether (sulfide) groups is 1. The van der Waals surface area contributed by atoms with Crippen LogP contribution in [0, 0.1) is 5.41 Å². The van der Waals surface area contributed by atoms with Gasteiger partial charge in [0.15, 0.2) is 0 Å². The van der Waals surface area contributed by atoms with E-state index in [4.69, 9.17) is 0 Å². The van der Waals surface area contributed by atoms with Crippen molar-refractivity contribution in [3.05, 3.63) is 29.8 Å². The number of amides is 1. The highest BCUT2D eigenvalue weighted by atomic mass is 32.2. The summed E-state index contributed by atoms with van der Waals surface area (Å²) in [6.07, 6.45) is 0. The van der Waals surface area contributed by atoms with E-state index in [1.54, 1.807) is 11.8 Å². The van der Waals surface area contributed by atoms with Crippen LogP contribution < -0.4 is 5.32 Å². The molecule has 0 bridgehead atoms. The average molecular weight is 293 g/mol. The zero-order chi connectivity index (χ0) is 14.9. The zero-order valence-corrected chi connectivity index (χ0v) is 12.7. The SMILES string of the molecule is CC(C)(C)[C@H](NC(=O)C1CSc2ccccc21)C(=O)O. The van der Waals surface area contributed by atoms with Crippen LogP contribution >= 0.6 is 11.8 Å². The molecular formula is C15H19NO3S. The molecule has 4 nitrogen and oxygen atoms in total. The normalized spacial score (nSPS) is 19.2. The highest BCUT2D eigenvalue weighted by molar-refractivity contribution is 7.99. The highest BCUT2D eigenvalue weighted by Gasteiger charge is 2.36. The molecule has 0 aromatic heterocycles. The summed E-state index contributed by atoms with van der Waals surface area (Å²) in [5, 5.41) is 12.0. The predicted octanol–water partition coefficient (Wildman–Crippen LogP) is 2.49. The van der Waals surface area contributed by atoms with Crippen molar-refractivity contribution in [2.45, 2.75) is 37.6 Å². The molecule has 5 heteroatoms. The Labute approximate surface area is 123 Å². The van der Waals surface area contributed by atoms with Crippen molar-refractivity contribution in [1.29, 1.82) is 0 Å². The van der Waals surface area contributed by atoms with Gasteiger partial charge in [0.05, 0.1) is 5.92 Å². The van der Waals surface area contributed by atoms with Gasteiger partial charge in [-0.3, -0.25) is 4.79 Å². The van der Waals surface area contributed by atoms with Gasteiger partial charge in [-0.25, -0.2) is 4.79 Å². The van der Waals surface area contributed by atoms with Crippen LogP contribution in [0.15, 0.2) is 29.2 Å². The Morgan fingerprint density at radius 2 is 2.00 bits per heavy atom. The molecule has 1 aromatic rings. The Morgan fingerprint density at radius 1 is 1.35 bits per heavy atom. The third kappa shape index (κ3) is 2.98. The molecule has 0 saturated carbocycles. The number of carbonyl (C=O) groups excluding carboxylic acids is 1. The number of fused-ring (bicyclic) bond motifs is 1.